The molecule has 0 bridgehead atoms. The normalized spacial score (nSPS) is 15.2. The van der Waals surface area contributed by atoms with Gasteiger partial charge in [0.1, 0.15) is 6.04 Å². The summed E-state index contributed by atoms with van der Waals surface area (Å²) in [7, 11) is -3.69. The van der Waals surface area contributed by atoms with Crippen LogP contribution < -0.4 is 10.7 Å². The molecule has 2 aromatic carbocycles. The zero-order valence-corrected chi connectivity index (χ0v) is 23.4. The molecule has 1 atom stereocenters. The lowest BCUT2D eigenvalue weighted by Crippen LogP contribution is -2.47. The van der Waals surface area contributed by atoms with Gasteiger partial charge < -0.3 is 4.90 Å². The van der Waals surface area contributed by atoms with E-state index in [1.54, 1.807) is 23.1 Å². The molecule has 0 radical (unpaired) electrons. The highest BCUT2D eigenvalue weighted by Crippen LogP contribution is 2.28. The fourth-order valence-electron chi connectivity index (χ4n) is 4.82. The molecule has 11 nitrogen and oxygen atoms in total. The Bertz CT molecular complexity index is 1700. The third-order valence-electron chi connectivity index (χ3n) is 6.89. The molecule has 3 heterocycles. The van der Waals surface area contributed by atoms with E-state index in [4.69, 9.17) is 28.3 Å². The predicted octanol–water partition coefficient (Wildman–Crippen LogP) is 2.86. The molecule has 1 fully saturated rings. The lowest BCUT2D eigenvalue weighted by atomic mass is 10.0. The summed E-state index contributed by atoms with van der Waals surface area (Å²) in [6, 6.07) is 14.8. The maximum absolute atomic E-state index is 13.8. The van der Waals surface area contributed by atoms with E-state index in [0.29, 0.717) is 22.0 Å². The van der Waals surface area contributed by atoms with Gasteiger partial charge in [-0.25, -0.2) is 23.2 Å². The van der Waals surface area contributed by atoms with E-state index in [2.05, 4.69) is 15.3 Å². The molecule has 5 rings (SSSR count). The van der Waals surface area contributed by atoms with Gasteiger partial charge in [0.25, 0.3) is 5.56 Å². The molecule has 0 spiro atoms. The molecule has 14 heteroatoms. The minimum absolute atomic E-state index is 0.194. The Kier molecular flexibility index (Phi) is 8.04. The van der Waals surface area contributed by atoms with Crippen LogP contribution in [-0.2, 0) is 21.2 Å². The third kappa shape index (κ3) is 6.09. The first-order valence-electron chi connectivity index (χ1n) is 12.4. The molecular weight excluding hydrogens is 577 g/mol. The Balaban J connectivity index is 1.50. The van der Waals surface area contributed by atoms with E-state index >= 15 is 0 Å². The van der Waals surface area contributed by atoms with Gasteiger partial charge >= 0.3 is 0 Å². The van der Waals surface area contributed by atoms with Gasteiger partial charge in [-0.05, 0) is 36.6 Å². The van der Waals surface area contributed by atoms with Crippen molar-refractivity contribution in [3.05, 3.63) is 93.2 Å². The van der Waals surface area contributed by atoms with Gasteiger partial charge in [-0.15, -0.1) is 5.10 Å². The lowest BCUT2D eigenvalue weighted by molar-refractivity contribution is -0.135. The van der Waals surface area contributed by atoms with Crippen LogP contribution in [0.25, 0.3) is 16.9 Å². The number of hydrogen-bond acceptors (Lipinski definition) is 7. The van der Waals surface area contributed by atoms with E-state index in [0.717, 1.165) is 5.56 Å². The van der Waals surface area contributed by atoms with Crippen molar-refractivity contribution in [2.45, 2.75) is 30.6 Å². The van der Waals surface area contributed by atoms with Crippen molar-refractivity contribution in [1.29, 1.82) is 0 Å². The Morgan fingerprint density at radius 2 is 1.80 bits per heavy atom. The Labute approximate surface area is 240 Å². The first kappa shape index (κ1) is 28.0. The zero-order chi connectivity index (χ0) is 28.4. The predicted molar refractivity (Wildman–Crippen MR) is 151 cm³/mol. The highest BCUT2D eigenvalue weighted by Gasteiger charge is 2.33. The number of hydrogen-bond donors (Lipinski definition) is 1. The molecule has 1 saturated heterocycles. The van der Waals surface area contributed by atoms with Gasteiger partial charge in [-0.1, -0.05) is 58.7 Å². The van der Waals surface area contributed by atoms with Crippen LogP contribution in [0.5, 0.6) is 0 Å². The SMILES string of the molecule is NS(=O)(=O)C1CCN(C(=O)C(Cc2ccccc2)n2cnc(-c3cc(Cl)ccc3-n3cc(Cl)nn3)cc2=O)CC1. The molecular formula is C26H25Cl2N7O4S. The molecule has 2 aromatic heterocycles. The van der Waals surface area contributed by atoms with Crippen molar-refractivity contribution in [2.75, 3.05) is 13.1 Å². The number of aromatic nitrogens is 5. The maximum atomic E-state index is 13.8. The van der Waals surface area contributed by atoms with Crippen LogP contribution in [0.15, 0.2) is 71.9 Å². The van der Waals surface area contributed by atoms with Gasteiger partial charge in [0, 0.05) is 36.2 Å². The second-order valence-electron chi connectivity index (χ2n) is 9.49. The summed E-state index contributed by atoms with van der Waals surface area (Å²) >= 11 is 12.2. The Morgan fingerprint density at radius 3 is 2.42 bits per heavy atom. The average Bonchev–Trinajstić information content (AvgIpc) is 3.37. The Morgan fingerprint density at radius 1 is 1.07 bits per heavy atom. The van der Waals surface area contributed by atoms with Crippen LogP contribution in [0.3, 0.4) is 0 Å². The number of carbonyl (C=O) groups is 1. The maximum Gasteiger partial charge on any atom is 0.254 e. The molecule has 208 valence electrons. The molecule has 0 saturated carbocycles. The van der Waals surface area contributed by atoms with Crippen molar-refractivity contribution in [2.24, 2.45) is 5.14 Å². The quantitative estimate of drug-likeness (QED) is 0.342. The summed E-state index contributed by atoms with van der Waals surface area (Å²) in [5, 5.41) is 13.0. The van der Waals surface area contributed by atoms with Crippen LogP contribution >= 0.6 is 23.2 Å². The van der Waals surface area contributed by atoms with E-state index in [1.807, 2.05) is 30.3 Å². The second kappa shape index (κ2) is 11.5. The minimum atomic E-state index is -3.69. The van der Waals surface area contributed by atoms with Crippen LogP contribution in [0, 0.1) is 0 Å². The number of carbonyl (C=O) groups excluding carboxylic acids is 1. The fraction of sp³-hybridized carbons (Fsp3) is 0.269. The highest BCUT2D eigenvalue weighted by atomic mass is 35.5. The summed E-state index contributed by atoms with van der Waals surface area (Å²) < 4.78 is 26.3. The number of nitrogens with zero attached hydrogens (tertiary/aromatic N) is 6. The van der Waals surface area contributed by atoms with E-state index in [9.17, 15) is 18.0 Å². The number of piperidine rings is 1. The smallest absolute Gasteiger partial charge is 0.254 e. The first-order chi connectivity index (χ1) is 19.1. The van der Waals surface area contributed by atoms with Crippen molar-refractivity contribution in [3.8, 4) is 16.9 Å². The molecule has 40 heavy (non-hydrogen) atoms. The molecule has 2 N–H and O–H groups in total. The molecule has 1 unspecified atom stereocenters. The Hall–Kier alpha value is -3.58. The average molecular weight is 603 g/mol. The summed E-state index contributed by atoms with van der Waals surface area (Å²) in [4.78, 5) is 33.4. The summed E-state index contributed by atoms with van der Waals surface area (Å²) in [6.07, 6.45) is 3.58. The van der Waals surface area contributed by atoms with E-state index in [-0.39, 0.29) is 43.4 Å². The highest BCUT2D eigenvalue weighted by molar-refractivity contribution is 7.89. The number of amides is 1. The van der Waals surface area contributed by atoms with Gasteiger partial charge in [0.05, 0.1) is 29.2 Å². The zero-order valence-electron chi connectivity index (χ0n) is 21.1. The van der Waals surface area contributed by atoms with Crippen LogP contribution in [-0.4, -0.2) is 62.1 Å². The van der Waals surface area contributed by atoms with Crippen molar-refractivity contribution in [3.63, 3.8) is 0 Å². The van der Waals surface area contributed by atoms with Gasteiger partial charge in [0.15, 0.2) is 5.15 Å². The third-order valence-corrected chi connectivity index (χ3v) is 8.70. The second-order valence-corrected chi connectivity index (χ2v) is 12.2. The number of nitrogens with two attached hydrogens (primary N) is 1. The topological polar surface area (TPSA) is 146 Å². The number of halogens is 2. The number of primary sulfonamides is 1. The number of sulfonamides is 1. The molecule has 1 aliphatic heterocycles. The monoisotopic (exact) mass is 601 g/mol. The number of rotatable bonds is 7. The van der Waals surface area contributed by atoms with Crippen molar-refractivity contribution >= 4 is 39.1 Å². The van der Waals surface area contributed by atoms with E-state index < -0.39 is 26.9 Å². The van der Waals surface area contributed by atoms with Crippen LogP contribution in [0.4, 0.5) is 0 Å². The minimum Gasteiger partial charge on any atom is -0.341 e. The first-order valence-corrected chi connectivity index (χ1v) is 14.8. The van der Waals surface area contributed by atoms with Crippen molar-refractivity contribution < 1.29 is 13.2 Å². The number of benzene rings is 2. The van der Waals surface area contributed by atoms with E-state index in [1.165, 1.54) is 27.8 Å². The molecule has 1 amide bonds. The van der Waals surface area contributed by atoms with Gasteiger partial charge in [-0.2, -0.15) is 0 Å². The number of likely N-dealkylation sites (tertiary alicyclic amines) is 1. The summed E-state index contributed by atoms with van der Waals surface area (Å²) in [6.45, 7) is 0.440. The van der Waals surface area contributed by atoms with Gasteiger partial charge in [0.2, 0.25) is 15.9 Å². The lowest BCUT2D eigenvalue weighted by Gasteiger charge is -2.33. The molecule has 0 aliphatic carbocycles. The fourth-order valence-corrected chi connectivity index (χ4v) is 5.99. The van der Waals surface area contributed by atoms with Crippen LogP contribution in [0.2, 0.25) is 10.2 Å². The van der Waals surface area contributed by atoms with Crippen molar-refractivity contribution in [1.82, 2.24) is 29.4 Å². The molecule has 1 aliphatic rings. The standard InChI is InChI=1S/C26H25Cl2N7O4S/c27-18-6-7-22(35-15-24(28)31-32-35)20(13-18)21-14-25(36)34(16-30-21)23(12-17-4-2-1-3-5-17)26(37)33-10-8-19(9-11-33)40(29,38)39/h1-7,13-16,19,23H,8-12H2,(H2,29,38,39). The summed E-state index contributed by atoms with van der Waals surface area (Å²) in [5.41, 5.74) is 1.82. The largest absolute Gasteiger partial charge is 0.341 e. The molecule has 4 aromatic rings. The van der Waals surface area contributed by atoms with Gasteiger partial charge in [-0.3, -0.25) is 14.2 Å². The summed E-state index contributed by atoms with van der Waals surface area (Å²) in [5.74, 6) is -0.297. The van der Waals surface area contributed by atoms with Crippen LogP contribution in [0.1, 0.15) is 24.4 Å².